The Morgan fingerprint density at radius 1 is 0.794 bits per heavy atom. The summed E-state index contributed by atoms with van der Waals surface area (Å²) in [5.74, 6) is 1.33. The van der Waals surface area contributed by atoms with Gasteiger partial charge in [0.1, 0.15) is 24.7 Å². The van der Waals surface area contributed by atoms with Gasteiger partial charge in [-0.3, -0.25) is 4.79 Å². The van der Waals surface area contributed by atoms with Gasteiger partial charge in [0.25, 0.3) is 0 Å². The largest absolute Gasteiger partial charge is 0.489 e. The molecule has 0 bridgehead atoms. The molecule has 0 aliphatic carbocycles. The zero-order valence-corrected chi connectivity index (χ0v) is 21.0. The third-order valence-electron chi connectivity index (χ3n) is 5.14. The van der Waals surface area contributed by atoms with Crippen molar-refractivity contribution in [2.75, 3.05) is 0 Å². The van der Waals surface area contributed by atoms with Crippen molar-refractivity contribution in [3.63, 3.8) is 0 Å². The van der Waals surface area contributed by atoms with E-state index in [9.17, 15) is 4.79 Å². The standard InChI is InChI=1S/C28H24ClO3P.Li/c1-20-9-8-14-24(29)27(20)28(30)33-26-16-15-23(31-18-21-10-4-2-5-11-21)17-25(26)32-19-22-12-6-3-7-13-22;/h2-17,33H,18-19H2,1H3;. The first kappa shape index (κ1) is 26.1. The Balaban J connectivity index is 0.00000324. The van der Waals surface area contributed by atoms with Crippen molar-refractivity contribution < 1.29 is 14.3 Å². The van der Waals surface area contributed by atoms with Gasteiger partial charge in [-0.2, -0.15) is 0 Å². The molecule has 0 aliphatic heterocycles. The minimum absolute atomic E-state index is 0. The van der Waals surface area contributed by atoms with Crippen LogP contribution in [0.2, 0.25) is 5.02 Å². The van der Waals surface area contributed by atoms with E-state index in [0.717, 1.165) is 22.0 Å². The summed E-state index contributed by atoms with van der Waals surface area (Å²) in [5.41, 5.74) is 3.56. The number of carbonyl (C=O) groups is 1. The van der Waals surface area contributed by atoms with Crippen LogP contribution in [0.15, 0.2) is 97.1 Å². The molecule has 0 spiro atoms. The summed E-state index contributed by atoms with van der Waals surface area (Å²) < 4.78 is 12.1. The van der Waals surface area contributed by atoms with Crippen molar-refractivity contribution in [3.05, 3.63) is 124 Å². The Morgan fingerprint density at radius 3 is 2.03 bits per heavy atom. The number of ether oxygens (including phenoxy) is 2. The van der Waals surface area contributed by atoms with Crippen LogP contribution in [0.3, 0.4) is 0 Å². The first-order valence-electron chi connectivity index (χ1n) is 10.6. The van der Waals surface area contributed by atoms with Crippen molar-refractivity contribution in [1.29, 1.82) is 0 Å². The molecule has 0 saturated carbocycles. The van der Waals surface area contributed by atoms with Crippen LogP contribution >= 0.6 is 20.2 Å². The van der Waals surface area contributed by atoms with Crippen molar-refractivity contribution in [2.45, 2.75) is 20.1 Å². The second-order valence-corrected chi connectivity index (χ2v) is 9.24. The van der Waals surface area contributed by atoms with E-state index >= 15 is 0 Å². The Hall–Kier alpha value is -2.53. The smallest absolute Gasteiger partial charge is 0.187 e. The third kappa shape index (κ3) is 6.99. The fourth-order valence-corrected chi connectivity index (χ4v) is 4.92. The van der Waals surface area contributed by atoms with Gasteiger partial charge in [0.15, 0.2) is 5.52 Å². The Morgan fingerprint density at radius 2 is 1.41 bits per heavy atom. The normalized spacial score (nSPS) is 10.6. The number of hydrogen-bond donors (Lipinski definition) is 0. The molecule has 0 aromatic heterocycles. The predicted octanol–water partition coefficient (Wildman–Crippen LogP) is 6.57. The van der Waals surface area contributed by atoms with Crippen LogP contribution in [-0.4, -0.2) is 24.4 Å². The molecule has 0 heterocycles. The van der Waals surface area contributed by atoms with Crippen molar-refractivity contribution in [2.24, 2.45) is 0 Å². The first-order valence-corrected chi connectivity index (χ1v) is 12.0. The van der Waals surface area contributed by atoms with E-state index in [2.05, 4.69) is 0 Å². The van der Waals surface area contributed by atoms with Gasteiger partial charge in [0.2, 0.25) is 0 Å². The van der Waals surface area contributed by atoms with E-state index in [0.29, 0.717) is 35.3 Å². The molecule has 0 fully saturated rings. The molecule has 0 aliphatic rings. The van der Waals surface area contributed by atoms with Crippen LogP contribution in [0.4, 0.5) is 0 Å². The molecule has 0 N–H and O–H groups in total. The average Bonchev–Trinajstić information content (AvgIpc) is 2.83. The van der Waals surface area contributed by atoms with Crippen LogP contribution < -0.4 is 14.8 Å². The zero-order valence-electron chi connectivity index (χ0n) is 19.3. The minimum Gasteiger partial charge on any atom is -0.489 e. The molecule has 0 amide bonds. The topological polar surface area (TPSA) is 35.5 Å². The fourth-order valence-electron chi connectivity index (χ4n) is 3.40. The molecule has 1 radical (unpaired) electrons. The van der Waals surface area contributed by atoms with Gasteiger partial charge >= 0.3 is 0 Å². The maximum absolute atomic E-state index is 13.1. The molecule has 1 atom stereocenters. The van der Waals surface area contributed by atoms with E-state index in [1.54, 1.807) is 6.07 Å². The van der Waals surface area contributed by atoms with Gasteiger partial charge in [-0.15, -0.1) is 0 Å². The number of carbonyl (C=O) groups excluding carboxylic acids is 1. The second-order valence-electron chi connectivity index (χ2n) is 7.59. The van der Waals surface area contributed by atoms with Crippen LogP contribution in [0.25, 0.3) is 0 Å². The molecule has 6 heteroatoms. The molecule has 167 valence electrons. The molecule has 4 rings (SSSR count). The van der Waals surface area contributed by atoms with Crippen LogP contribution in [0, 0.1) is 6.92 Å². The third-order valence-corrected chi connectivity index (χ3v) is 6.61. The summed E-state index contributed by atoms with van der Waals surface area (Å²) in [6, 6.07) is 31.1. The van der Waals surface area contributed by atoms with Crippen molar-refractivity contribution in [3.8, 4) is 11.5 Å². The quantitative estimate of drug-likeness (QED) is 0.200. The van der Waals surface area contributed by atoms with E-state index in [1.807, 2.05) is 97.9 Å². The van der Waals surface area contributed by atoms with E-state index in [-0.39, 0.29) is 33.0 Å². The van der Waals surface area contributed by atoms with Crippen LogP contribution in [-0.2, 0) is 13.2 Å². The fraction of sp³-hybridized carbons (Fsp3) is 0.107. The van der Waals surface area contributed by atoms with Gasteiger partial charge in [0, 0.05) is 35.8 Å². The molecule has 1 unspecified atom stereocenters. The minimum atomic E-state index is -0.118. The Bertz CT molecular complexity index is 1210. The second kappa shape index (κ2) is 12.8. The summed E-state index contributed by atoms with van der Waals surface area (Å²) in [6.07, 6.45) is 0. The molecular formula is C28H24ClLiO3P. The van der Waals surface area contributed by atoms with E-state index in [1.165, 1.54) is 0 Å². The maximum atomic E-state index is 13.1. The SMILES string of the molecule is Cc1cccc(Cl)c1C(=O)Pc1ccc(OCc2ccccc2)cc1OCc1ccccc1.[Li]. The molecule has 4 aromatic rings. The first-order chi connectivity index (χ1) is 16.1. The monoisotopic (exact) mass is 481 g/mol. The average molecular weight is 482 g/mol. The number of halogens is 1. The van der Waals surface area contributed by atoms with E-state index in [4.69, 9.17) is 21.1 Å². The Kier molecular flexibility index (Phi) is 9.82. The zero-order chi connectivity index (χ0) is 23.0. The molecule has 34 heavy (non-hydrogen) atoms. The Labute approximate surface area is 219 Å². The van der Waals surface area contributed by atoms with Gasteiger partial charge < -0.3 is 9.47 Å². The number of hydrogen-bond acceptors (Lipinski definition) is 3. The summed E-state index contributed by atoms with van der Waals surface area (Å²) in [4.78, 5) is 13.1. The molecule has 3 nitrogen and oxygen atoms in total. The van der Waals surface area contributed by atoms with Crippen molar-refractivity contribution >= 4 is 49.9 Å². The summed E-state index contributed by atoms with van der Waals surface area (Å²) in [5, 5.41) is 1.30. The maximum Gasteiger partial charge on any atom is 0.187 e. The number of benzene rings is 4. The van der Waals surface area contributed by atoms with Crippen LogP contribution in [0.5, 0.6) is 11.5 Å². The van der Waals surface area contributed by atoms with Gasteiger partial charge in [-0.1, -0.05) is 84.4 Å². The van der Waals surface area contributed by atoms with Crippen molar-refractivity contribution in [1.82, 2.24) is 0 Å². The van der Waals surface area contributed by atoms with Crippen LogP contribution in [0.1, 0.15) is 27.0 Å². The number of aryl methyl sites for hydroxylation is 1. The molecular weight excluding hydrogens is 458 g/mol. The molecule has 0 saturated heterocycles. The van der Waals surface area contributed by atoms with Gasteiger partial charge in [0.05, 0.1) is 5.02 Å². The van der Waals surface area contributed by atoms with Gasteiger partial charge in [-0.25, -0.2) is 0 Å². The van der Waals surface area contributed by atoms with E-state index < -0.39 is 0 Å². The number of rotatable bonds is 9. The summed E-state index contributed by atoms with van der Waals surface area (Å²) in [7, 11) is -0.118. The molecule has 4 aromatic carbocycles. The van der Waals surface area contributed by atoms with Gasteiger partial charge in [-0.05, 0) is 50.4 Å². The summed E-state index contributed by atoms with van der Waals surface area (Å²) in [6.45, 7) is 2.76. The summed E-state index contributed by atoms with van der Waals surface area (Å²) >= 11 is 6.33. The predicted molar refractivity (Wildman–Crippen MR) is 142 cm³/mol.